The van der Waals surface area contributed by atoms with Gasteiger partial charge in [-0.05, 0) is 33.1 Å². The minimum absolute atomic E-state index is 0.0287. The van der Waals surface area contributed by atoms with Crippen molar-refractivity contribution >= 4 is 22.9 Å². The smallest absolute Gasteiger partial charge is 0.225 e. The maximum absolute atomic E-state index is 12.6. The highest BCUT2D eigenvalue weighted by Gasteiger charge is 2.38. The summed E-state index contributed by atoms with van der Waals surface area (Å²) in [5.41, 5.74) is 2.29. The zero-order valence-electron chi connectivity index (χ0n) is 17.7. The Kier molecular flexibility index (Phi) is 5.01. The Morgan fingerprint density at radius 1 is 1.23 bits per heavy atom. The molecule has 1 amide bonds. The molecular weight excluding hydrogens is 396 g/mol. The third-order valence-corrected chi connectivity index (χ3v) is 6.19. The number of aliphatic hydroxyl groups is 1. The average Bonchev–Trinajstić information content (AvgIpc) is 3.36. The summed E-state index contributed by atoms with van der Waals surface area (Å²) in [5.74, 6) is 2.26. The van der Waals surface area contributed by atoms with E-state index < -0.39 is 0 Å². The topological polar surface area (TPSA) is 122 Å². The van der Waals surface area contributed by atoms with Crippen molar-refractivity contribution in [3.05, 3.63) is 24.5 Å². The normalized spacial score (nSPS) is 23.2. The summed E-state index contributed by atoms with van der Waals surface area (Å²) in [4.78, 5) is 36.8. The number of nitrogens with zero attached hydrogens (tertiary/aromatic N) is 7. The van der Waals surface area contributed by atoms with Crippen LogP contribution in [-0.4, -0.2) is 70.6 Å². The van der Waals surface area contributed by atoms with Gasteiger partial charge in [0, 0.05) is 44.0 Å². The zero-order valence-corrected chi connectivity index (χ0v) is 17.7. The second kappa shape index (κ2) is 7.84. The molecule has 2 aliphatic rings. The van der Waals surface area contributed by atoms with Crippen LogP contribution in [-0.2, 0) is 11.3 Å². The number of amides is 1. The molecular formula is C21H26N8O2. The number of nitrogens with one attached hydrogen (secondary N) is 1. The number of fused-ring (bicyclic) bond motifs is 1. The fourth-order valence-corrected chi connectivity index (χ4v) is 4.39. The largest absolute Gasteiger partial charge is 0.393 e. The van der Waals surface area contributed by atoms with Crippen molar-refractivity contribution in [1.29, 1.82) is 0 Å². The highest BCUT2D eigenvalue weighted by atomic mass is 16.3. The van der Waals surface area contributed by atoms with Crippen molar-refractivity contribution in [2.24, 2.45) is 5.92 Å². The van der Waals surface area contributed by atoms with Gasteiger partial charge in [-0.25, -0.2) is 24.9 Å². The molecule has 1 aliphatic carbocycles. The molecule has 0 bridgehead atoms. The van der Waals surface area contributed by atoms with Gasteiger partial charge in [-0.15, -0.1) is 0 Å². The van der Waals surface area contributed by atoms with Crippen LogP contribution in [0.2, 0.25) is 0 Å². The van der Waals surface area contributed by atoms with Crippen molar-refractivity contribution in [2.45, 2.75) is 51.8 Å². The summed E-state index contributed by atoms with van der Waals surface area (Å²) in [6, 6.07) is 0.102. The van der Waals surface area contributed by atoms with Gasteiger partial charge in [-0.1, -0.05) is 0 Å². The predicted octanol–water partition coefficient (Wildman–Crippen LogP) is 1.40. The summed E-state index contributed by atoms with van der Waals surface area (Å²) in [7, 11) is 0. The Balaban J connectivity index is 1.38. The van der Waals surface area contributed by atoms with E-state index >= 15 is 0 Å². The molecule has 0 aromatic carbocycles. The van der Waals surface area contributed by atoms with E-state index in [1.54, 1.807) is 18.7 Å². The number of imidazole rings is 1. The lowest BCUT2D eigenvalue weighted by molar-refractivity contribution is -0.141. The number of aromatic nitrogens is 6. The molecule has 1 atom stereocenters. The Morgan fingerprint density at radius 3 is 2.71 bits per heavy atom. The minimum atomic E-state index is -0.318. The summed E-state index contributed by atoms with van der Waals surface area (Å²) >= 11 is 0. The van der Waals surface area contributed by atoms with Crippen molar-refractivity contribution in [1.82, 2.24) is 34.4 Å². The first-order chi connectivity index (χ1) is 15.0. The molecule has 1 saturated heterocycles. The fraction of sp³-hybridized carbons (Fsp3) is 0.524. The van der Waals surface area contributed by atoms with Gasteiger partial charge < -0.3 is 19.9 Å². The van der Waals surface area contributed by atoms with Crippen molar-refractivity contribution in [2.75, 3.05) is 18.4 Å². The Hall–Kier alpha value is -3.14. The molecule has 162 valence electrons. The Morgan fingerprint density at radius 2 is 2.00 bits per heavy atom. The van der Waals surface area contributed by atoms with Crippen LogP contribution in [0.4, 0.5) is 5.82 Å². The number of hydrogen-bond donors (Lipinski definition) is 2. The Bertz CT molecular complexity index is 1110. The lowest BCUT2D eigenvalue weighted by Gasteiger charge is -2.33. The molecule has 0 radical (unpaired) electrons. The summed E-state index contributed by atoms with van der Waals surface area (Å²) in [6.45, 7) is 5.95. The molecule has 3 aromatic heterocycles. The van der Waals surface area contributed by atoms with Gasteiger partial charge in [0.1, 0.15) is 18.0 Å². The van der Waals surface area contributed by atoms with E-state index in [-0.39, 0.29) is 24.0 Å². The zero-order chi connectivity index (χ0) is 21.5. The van der Waals surface area contributed by atoms with Crippen molar-refractivity contribution in [3.8, 4) is 11.4 Å². The van der Waals surface area contributed by atoms with Crippen LogP contribution < -0.4 is 5.32 Å². The maximum Gasteiger partial charge on any atom is 0.225 e. The SMILES string of the molecule is CCn1c(-c2cnc(C)nc2)nc2c(NC3CCN(C(=O)C4CC(O)C4)C3)ncnc21. The number of carbonyl (C=O) groups is 1. The summed E-state index contributed by atoms with van der Waals surface area (Å²) in [6.07, 6.45) is 6.78. The van der Waals surface area contributed by atoms with Gasteiger partial charge in [-0.3, -0.25) is 4.79 Å². The monoisotopic (exact) mass is 422 g/mol. The summed E-state index contributed by atoms with van der Waals surface area (Å²) < 4.78 is 2.03. The molecule has 31 heavy (non-hydrogen) atoms. The van der Waals surface area contributed by atoms with Crippen LogP contribution in [0.5, 0.6) is 0 Å². The second-order valence-electron chi connectivity index (χ2n) is 8.33. The van der Waals surface area contributed by atoms with Crippen molar-refractivity contribution in [3.63, 3.8) is 0 Å². The quantitative estimate of drug-likeness (QED) is 0.633. The number of aryl methyl sites for hydroxylation is 2. The van der Waals surface area contributed by atoms with E-state index in [1.807, 2.05) is 23.3 Å². The summed E-state index contributed by atoms with van der Waals surface area (Å²) in [5, 5.41) is 13.0. The van der Waals surface area contributed by atoms with E-state index in [4.69, 9.17) is 4.98 Å². The number of rotatable bonds is 5. The lowest BCUT2D eigenvalue weighted by Crippen LogP contribution is -2.43. The standard InChI is InChI=1S/C21H26N8O2/c1-3-29-19(14-8-22-12(2)23-9-14)27-17-18(24-11-25-20(17)29)26-15-4-5-28(10-15)21(31)13-6-16(30)7-13/h8-9,11,13,15-16,30H,3-7,10H2,1-2H3,(H,24,25,26). The molecule has 10 heteroatoms. The number of likely N-dealkylation sites (tertiary alicyclic amines) is 1. The molecule has 1 unspecified atom stereocenters. The van der Waals surface area contributed by atoms with Gasteiger partial charge in [0.15, 0.2) is 17.0 Å². The van der Waals surface area contributed by atoms with Gasteiger partial charge in [0.05, 0.1) is 11.7 Å². The second-order valence-corrected chi connectivity index (χ2v) is 8.33. The van der Waals surface area contributed by atoms with Crippen LogP contribution in [0.15, 0.2) is 18.7 Å². The first-order valence-corrected chi connectivity index (χ1v) is 10.8. The molecule has 2 N–H and O–H groups in total. The van der Waals surface area contributed by atoms with Gasteiger partial charge in [0.2, 0.25) is 5.91 Å². The van der Waals surface area contributed by atoms with Gasteiger partial charge in [-0.2, -0.15) is 0 Å². The third-order valence-electron chi connectivity index (χ3n) is 6.19. The predicted molar refractivity (Wildman–Crippen MR) is 114 cm³/mol. The maximum atomic E-state index is 12.6. The van der Waals surface area contributed by atoms with Crippen LogP contribution in [0.1, 0.15) is 32.0 Å². The first-order valence-electron chi connectivity index (χ1n) is 10.8. The minimum Gasteiger partial charge on any atom is -0.393 e. The highest BCUT2D eigenvalue weighted by molar-refractivity contribution is 5.86. The van der Waals surface area contributed by atoms with Crippen LogP contribution in [0, 0.1) is 12.8 Å². The number of anilines is 1. The molecule has 4 heterocycles. The average molecular weight is 422 g/mol. The third kappa shape index (κ3) is 3.60. The van der Waals surface area contributed by atoms with Gasteiger partial charge >= 0.3 is 0 Å². The number of carbonyl (C=O) groups excluding carboxylic acids is 1. The molecule has 2 fully saturated rings. The molecule has 1 saturated carbocycles. The van der Waals surface area contributed by atoms with Crippen LogP contribution in [0.3, 0.4) is 0 Å². The van der Waals surface area contributed by atoms with Gasteiger partial charge in [0.25, 0.3) is 0 Å². The van der Waals surface area contributed by atoms with Crippen LogP contribution in [0.25, 0.3) is 22.6 Å². The molecule has 1 aliphatic heterocycles. The first kappa shape index (κ1) is 19.8. The van der Waals surface area contributed by atoms with E-state index in [0.29, 0.717) is 49.6 Å². The Labute approximate surface area is 179 Å². The van der Waals surface area contributed by atoms with Crippen LogP contribution >= 0.6 is 0 Å². The number of aliphatic hydroxyl groups excluding tert-OH is 1. The molecule has 0 spiro atoms. The molecule has 10 nitrogen and oxygen atoms in total. The van der Waals surface area contributed by atoms with E-state index in [9.17, 15) is 9.90 Å². The molecule has 5 rings (SSSR count). The number of hydrogen-bond acceptors (Lipinski definition) is 8. The van der Waals surface area contributed by atoms with E-state index in [2.05, 4.69) is 25.3 Å². The van der Waals surface area contributed by atoms with E-state index in [1.165, 1.54) is 0 Å². The fourth-order valence-electron chi connectivity index (χ4n) is 4.39. The van der Waals surface area contributed by atoms with Crippen molar-refractivity contribution < 1.29 is 9.90 Å². The van der Waals surface area contributed by atoms with E-state index in [0.717, 1.165) is 23.5 Å². The molecule has 3 aromatic rings. The highest BCUT2D eigenvalue weighted by Crippen LogP contribution is 2.31. The lowest BCUT2D eigenvalue weighted by atomic mass is 9.81.